The molecule has 1 unspecified atom stereocenters. The van der Waals surface area contributed by atoms with Crippen LogP contribution in [0.4, 0.5) is 4.79 Å². The van der Waals surface area contributed by atoms with Crippen molar-refractivity contribution in [2.24, 2.45) is 0 Å². The van der Waals surface area contributed by atoms with Gasteiger partial charge in [0.2, 0.25) is 0 Å². The summed E-state index contributed by atoms with van der Waals surface area (Å²) in [6, 6.07) is 14.5. The van der Waals surface area contributed by atoms with Crippen molar-refractivity contribution in [2.45, 2.75) is 24.9 Å². The molecule has 9 nitrogen and oxygen atoms in total. The van der Waals surface area contributed by atoms with Crippen LogP contribution in [0, 0.1) is 0 Å². The first-order chi connectivity index (χ1) is 16.9. The molecule has 0 saturated heterocycles. The number of ether oxygens (including phenoxy) is 2. The van der Waals surface area contributed by atoms with E-state index in [1.54, 1.807) is 6.92 Å². The van der Waals surface area contributed by atoms with Gasteiger partial charge in [0, 0.05) is 18.4 Å². The molecular formula is C25H25N3O6S. The van der Waals surface area contributed by atoms with E-state index in [1.807, 2.05) is 36.4 Å². The van der Waals surface area contributed by atoms with Gasteiger partial charge in [0.25, 0.3) is 5.91 Å². The third-order valence-electron chi connectivity index (χ3n) is 5.74. The van der Waals surface area contributed by atoms with Gasteiger partial charge in [-0.25, -0.2) is 14.6 Å². The van der Waals surface area contributed by atoms with Gasteiger partial charge in [-0.1, -0.05) is 48.5 Å². The molecule has 2 atom stereocenters. The van der Waals surface area contributed by atoms with Crippen LogP contribution in [-0.4, -0.2) is 54.4 Å². The highest BCUT2D eigenvalue weighted by Crippen LogP contribution is 2.44. The second kappa shape index (κ2) is 10.7. The number of fused-ring (bicyclic) bond motifs is 3. The standard InChI is InChI=1S/C25H25N3O6S/c1-14(23-28-21(13-35-23)22(29)27-20(12-33-2)24(30)31)26-25(32)34-11-19-17-9-5-3-7-15(17)16-8-4-6-10-18(16)19/h3-10,13-14,19-20H,11-12H2,1-2H3,(H,26,32)(H,27,29)(H,30,31)/t14?,20-/m0/s1. The van der Waals surface area contributed by atoms with E-state index in [2.05, 4.69) is 27.8 Å². The molecule has 35 heavy (non-hydrogen) atoms. The number of nitrogens with zero attached hydrogens (tertiary/aromatic N) is 1. The fourth-order valence-electron chi connectivity index (χ4n) is 4.04. The monoisotopic (exact) mass is 495 g/mol. The highest BCUT2D eigenvalue weighted by atomic mass is 32.1. The van der Waals surface area contributed by atoms with Crippen molar-refractivity contribution in [3.05, 3.63) is 75.7 Å². The molecule has 0 aliphatic heterocycles. The first kappa shape index (κ1) is 24.4. The van der Waals surface area contributed by atoms with Crippen molar-refractivity contribution in [1.82, 2.24) is 15.6 Å². The van der Waals surface area contributed by atoms with Gasteiger partial charge in [0.05, 0.1) is 12.6 Å². The van der Waals surface area contributed by atoms with Gasteiger partial charge >= 0.3 is 12.1 Å². The van der Waals surface area contributed by atoms with Crippen molar-refractivity contribution in [3.63, 3.8) is 0 Å². The first-order valence-corrected chi connectivity index (χ1v) is 11.9. The Morgan fingerprint density at radius 3 is 2.29 bits per heavy atom. The summed E-state index contributed by atoms with van der Waals surface area (Å²) in [7, 11) is 1.35. The summed E-state index contributed by atoms with van der Waals surface area (Å²) in [5, 5.41) is 16.3. The smallest absolute Gasteiger partial charge is 0.407 e. The Morgan fingerprint density at radius 2 is 1.69 bits per heavy atom. The summed E-state index contributed by atoms with van der Waals surface area (Å²) in [6.45, 7) is 1.75. The third kappa shape index (κ3) is 5.33. The summed E-state index contributed by atoms with van der Waals surface area (Å²) in [6.07, 6.45) is -0.591. The maximum absolute atomic E-state index is 12.5. The lowest BCUT2D eigenvalue weighted by Gasteiger charge is -2.16. The van der Waals surface area contributed by atoms with Crippen LogP contribution in [0.25, 0.3) is 11.1 Å². The predicted octanol–water partition coefficient (Wildman–Crippen LogP) is 3.57. The molecule has 2 aromatic carbocycles. The van der Waals surface area contributed by atoms with Crippen molar-refractivity contribution in [2.75, 3.05) is 20.3 Å². The number of hydrogen-bond acceptors (Lipinski definition) is 7. The SMILES string of the molecule is COC[C@H](NC(=O)c1csc(C(C)NC(=O)OCC2c3ccccc3-c3ccccc32)n1)C(=O)O. The van der Waals surface area contributed by atoms with E-state index in [1.165, 1.54) is 23.8 Å². The normalized spacial score (nSPS) is 13.9. The van der Waals surface area contributed by atoms with Crippen molar-refractivity contribution in [3.8, 4) is 11.1 Å². The van der Waals surface area contributed by atoms with Crippen LogP contribution in [0.1, 0.15) is 45.5 Å². The molecule has 2 amide bonds. The van der Waals surface area contributed by atoms with Crippen LogP contribution < -0.4 is 10.6 Å². The lowest BCUT2D eigenvalue weighted by Crippen LogP contribution is -2.43. The van der Waals surface area contributed by atoms with Crippen LogP contribution >= 0.6 is 11.3 Å². The molecule has 3 aromatic rings. The summed E-state index contributed by atoms with van der Waals surface area (Å²) in [5.74, 6) is -1.89. The third-order valence-corrected chi connectivity index (χ3v) is 6.77. The van der Waals surface area contributed by atoms with E-state index < -0.39 is 30.1 Å². The maximum atomic E-state index is 12.5. The molecule has 4 rings (SSSR count). The van der Waals surface area contributed by atoms with Crippen LogP contribution in [0.5, 0.6) is 0 Å². The second-order valence-corrected chi connectivity index (χ2v) is 8.97. The molecule has 0 spiro atoms. The summed E-state index contributed by atoms with van der Waals surface area (Å²) < 4.78 is 10.4. The number of amides is 2. The Balaban J connectivity index is 1.35. The Kier molecular flexibility index (Phi) is 7.42. The van der Waals surface area contributed by atoms with Crippen molar-refractivity contribution in [1.29, 1.82) is 0 Å². The Bertz CT molecular complexity index is 1200. The van der Waals surface area contributed by atoms with Gasteiger partial charge in [-0.3, -0.25) is 4.79 Å². The van der Waals surface area contributed by atoms with Gasteiger partial charge in [-0.05, 0) is 29.2 Å². The number of aliphatic carboxylic acids is 1. The molecule has 10 heteroatoms. The minimum atomic E-state index is -1.21. The van der Waals surface area contributed by atoms with Crippen LogP contribution in [0.3, 0.4) is 0 Å². The van der Waals surface area contributed by atoms with Crippen LogP contribution in [0.2, 0.25) is 0 Å². The number of rotatable bonds is 9. The molecule has 0 bridgehead atoms. The van der Waals surface area contributed by atoms with Gasteiger partial charge < -0.3 is 25.2 Å². The summed E-state index contributed by atoms with van der Waals surface area (Å²) in [5.41, 5.74) is 4.61. The summed E-state index contributed by atoms with van der Waals surface area (Å²) >= 11 is 1.18. The Hall–Kier alpha value is -3.76. The predicted molar refractivity (Wildman–Crippen MR) is 129 cm³/mol. The Labute approximate surface area is 206 Å². The fraction of sp³-hybridized carbons (Fsp3) is 0.280. The van der Waals surface area contributed by atoms with Crippen LogP contribution in [-0.2, 0) is 14.3 Å². The van der Waals surface area contributed by atoms with Gasteiger partial charge in [0.1, 0.15) is 17.3 Å². The number of methoxy groups -OCH3 is 1. The van der Waals surface area contributed by atoms with E-state index in [0.29, 0.717) is 5.01 Å². The number of benzene rings is 2. The highest BCUT2D eigenvalue weighted by molar-refractivity contribution is 7.09. The van der Waals surface area contributed by atoms with E-state index in [9.17, 15) is 14.4 Å². The first-order valence-electron chi connectivity index (χ1n) is 11.0. The van der Waals surface area contributed by atoms with E-state index in [-0.39, 0.29) is 24.8 Å². The molecule has 0 radical (unpaired) electrons. The van der Waals surface area contributed by atoms with Gasteiger partial charge in [-0.15, -0.1) is 11.3 Å². The molecule has 1 heterocycles. The van der Waals surface area contributed by atoms with Crippen molar-refractivity contribution >= 4 is 29.3 Å². The number of carboxylic acids is 1. The van der Waals surface area contributed by atoms with Crippen molar-refractivity contribution < 1.29 is 29.0 Å². The zero-order chi connectivity index (χ0) is 24.9. The zero-order valence-electron chi connectivity index (χ0n) is 19.2. The minimum Gasteiger partial charge on any atom is -0.480 e. The molecule has 0 saturated carbocycles. The maximum Gasteiger partial charge on any atom is 0.407 e. The number of aromatic nitrogens is 1. The average Bonchev–Trinajstić information content (AvgIpc) is 3.46. The number of carboxylic acid groups (broad SMARTS) is 1. The number of hydrogen-bond donors (Lipinski definition) is 3. The minimum absolute atomic E-state index is 0.0482. The van der Waals surface area contributed by atoms with E-state index in [4.69, 9.17) is 14.6 Å². The average molecular weight is 496 g/mol. The molecule has 0 fully saturated rings. The number of carbonyl (C=O) groups excluding carboxylic acids is 2. The zero-order valence-corrected chi connectivity index (χ0v) is 20.0. The van der Waals surface area contributed by atoms with Crippen LogP contribution in [0.15, 0.2) is 53.9 Å². The number of nitrogens with one attached hydrogen (secondary N) is 2. The molecule has 1 aliphatic rings. The topological polar surface area (TPSA) is 127 Å². The molecule has 1 aromatic heterocycles. The molecule has 3 N–H and O–H groups in total. The number of alkyl carbamates (subject to hydrolysis) is 1. The fourth-order valence-corrected chi connectivity index (χ4v) is 4.85. The Morgan fingerprint density at radius 1 is 1.06 bits per heavy atom. The van der Waals surface area contributed by atoms with Gasteiger partial charge in [-0.2, -0.15) is 0 Å². The number of thiazole rings is 1. The number of carbonyl (C=O) groups is 3. The second-order valence-electron chi connectivity index (χ2n) is 8.08. The molecule has 182 valence electrons. The van der Waals surface area contributed by atoms with E-state index >= 15 is 0 Å². The lowest BCUT2D eigenvalue weighted by molar-refractivity contribution is -0.140. The highest BCUT2D eigenvalue weighted by Gasteiger charge is 2.29. The largest absolute Gasteiger partial charge is 0.480 e. The quantitative estimate of drug-likeness (QED) is 0.414. The van der Waals surface area contributed by atoms with E-state index in [0.717, 1.165) is 22.3 Å². The van der Waals surface area contributed by atoms with Gasteiger partial charge in [0.15, 0.2) is 6.04 Å². The lowest BCUT2D eigenvalue weighted by atomic mass is 9.98. The molecular weight excluding hydrogens is 470 g/mol. The molecule has 1 aliphatic carbocycles. The summed E-state index contributed by atoms with van der Waals surface area (Å²) in [4.78, 5) is 40.3.